The van der Waals surface area contributed by atoms with Gasteiger partial charge in [0.25, 0.3) is 5.91 Å². The average Bonchev–Trinajstić information content (AvgIpc) is 3.00. The molecule has 3 aromatic rings. The van der Waals surface area contributed by atoms with Crippen molar-refractivity contribution in [3.63, 3.8) is 0 Å². The minimum atomic E-state index is -0.00659. The number of hydrogen-bond acceptors (Lipinski definition) is 3. The SMILES string of the molecule is Cc1ccc(C(=O)N2CCC3(CCc4nn(Cc5ccccc5)c(=O)n4CC3)CC2)cc1. The molecule has 166 valence electrons. The van der Waals surface area contributed by atoms with Gasteiger partial charge in [-0.05, 0) is 55.7 Å². The fraction of sp³-hybridized carbons (Fsp3) is 0.423. The van der Waals surface area contributed by atoms with Crippen molar-refractivity contribution in [2.75, 3.05) is 13.1 Å². The van der Waals surface area contributed by atoms with Crippen molar-refractivity contribution in [1.82, 2.24) is 19.2 Å². The minimum absolute atomic E-state index is 0.00659. The van der Waals surface area contributed by atoms with Gasteiger partial charge in [-0.2, -0.15) is 5.10 Å². The molecule has 5 rings (SSSR count). The molecule has 1 fully saturated rings. The number of nitrogens with zero attached hydrogens (tertiary/aromatic N) is 4. The molecule has 2 aliphatic rings. The fourth-order valence-corrected chi connectivity index (χ4v) is 5.17. The van der Waals surface area contributed by atoms with Crippen LogP contribution in [0.15, 0.2) is 59.4 Å². The second-order valence-electron chi connectivity index (χ2n) is 9.40. The maximum absolute atomic E-state index is 13.0. The van der Waals surface area contributed by atoms with Crippen LogP contribution in [0.25, 0.3) is 0 Å². The largest absolute Gasteiger partial charge is 0.346 e. The van der Waals surface area contributed by atoms with Crippen LogP contribution >= 0.6 is 0 Å². The van der Waals surface area contributed by atoms with Crippen LogP contribution in [0.3, 0.4) is 0 Å². The third kappa shape index (κ3) is 4.01. The first-order valence-corrected chi connectivity index (χ1v) is 11.6. The summed E-state index contributed by atoms with van der Waals surface area (Å²) in [7, 11) is 0. The Labute approximate surface area is 188 Å². The van der Waals surface area contributed by atoms with Crippen molar-refractivity contribution in [2.24, 2.45) is 5.41 Å². The molecule has 2 aromatic carbocycles. The Hall–Kier alpha value is -3.15. The minimum Gasteiger partial charge on any atom is -0.339 e. The van der Waals surface area contributed by atoms with E-state index in [4.69, 9.17) is 0 Å². The Bertz CT molecular complexity index is 1150. The summed E-state index contributed by atoms with van der Waals surface area (Å²) in [6.07, 6.45) is 4.81. The number of piperidine rings is 1. The van der Waals surface area contributed by atoms with Gasteiger partial charge >= 0.3 is 5.69 Å². The summed E-state index contributed by atoms with van der Waals surface area (Å²) in [5.41, 5.74) is 3.21. The predicted molar refractivity (Wildman–Crippen MR) is 124 cm³/mol. The van der Waals surface area contributed by atoms with E-state index in [1.165, 1.54) is 0 Å². The van der Waals surface area contributed by atoms with E-state index in [0.29, 0.717) is 6.54 Å². The monoisotopic (exact) mass is 430 g/mol. The maximum Gasteiger partial charge on any atom is 0.346 e. The van der Waals surface area contributed by atoms with Crippen molar-refractivity contribution in [3.8, 4) is 0 Å². The summed E-state index contributed by atoms with van der Waals surface area (Å²) in [6, 6.07) is 17.8. The van der Waals surface area contributed by atoms with Gasteiger partial charge in [0, 0.05) is 31.6 Å². The van der Waals surface area contributed by atoms with Crippen LogP contribution in [0.1, 0.15) is 53.0 Å². The van der Waals surface area contributed by atoms with Crippen molar-refractivity contribution < 1.29 is 4.79 Å². The van der Waals surface area contributed by atoms with E-state index in [9.17, 15) is 9.59 Å². The quantitative estimate of drug-likeness (QED) is 0.637. The molecule has 1 amide bonds. The molecule has 0 atom stereocenters. The molecule has 0 saturated carbocycles. The lowest BCUT2D eigenvalue weighted by Crippen LogP contribution is -2.43. The van der Waals surface area contributed by atoms with Gasteiger partial charge in [0.05, 0.1) is 6.54 Å². The highest BCUT2D eigenvalue weighted by molar-refractivity contribution is 5.94. The Morgan fingerprint density at radius 3 is 2.34 bits per heavy atom. The molecule has 6 heteroatoms. The first-order valence-electron chi connectivity index (χ1n) is 11.6. The number of benzene rings is 2. The highest BCUT2D eigenvalue weighted by atomic mass is 16.2. The lowest BCUT2D eigenvalue weighted by Gasteiger charge is -2.41. The summed E-state index contributed by atoms with van der Waals surface area (Å²) in [5.74, 6) is 1.03. The number of likely N-dealkylation sites (tertiary alicyclic amines) is 1. The number of carbonyl (C=O) groups is 1. The topological polar surface area (TPSA) is 60.1 Å². The molecular weight excluding hydrogens is 400 g/mol. The van der Waals surface area contributed by atoms with E-state index in [1.807, 2.05) is 71.0 Å². The number of amides is 1. The van der Waals surface area contributed by atoms with E-state index in [0.717, 1.165) is 74.3 Å². The zero-order valence-electron chi connectivity index (χ0n) is 18.7. The molecule has 32 heavy (non-hydrogen) atoms. The summed E-state index contributed by atoms with van der Waals surface area (Å²) < 4.78 is 3.48. The third-order valence-corrected chi connectivity index (χ3v) is 7.33. The molecule has 1 saturated heterocycles. The Morgan fingerprint density at radius 2 is 1.62 bits per heavy atom. The summed E-state index contributed by atoms with van der Waals surface area (Å²) in [5, 5.41) is 4.68. The normalized spacial score (nSPS) is 17.7. The standard InChI is InChI=1S/C26H30N4O2/c1-20-7-9-22(10-8-20)24(31)28-16-13-26(14-17-28)12-11-23-27-30(25(32)29(23)18-15-26)19-21-5-3-2-4-6-21/h2-10H,11-19H2,1H3. The van der Waals surface area contributed by atoms with Gasteiger partial charge in [-0.25, -0.2) is 9.48 Å². The van der Waals surface area contributed by atoms with Crippen LogP contribution in [0.2, 0.25) is 0 Å². The summed E-state index contributed by atoms with van der Waals surface area (Å²) in [4.78, 5) is 27.9. The van der Waals surface area contributed by atoms with Gasteiger partial charge in [-0.1, -0.05) is 48.0 Å². The molecular formula is C26H30N4O2. The van der Waals surface area contributed by atoms with Crippen molar-refractivity contribution in [2.45, 2.75) is 52.1 Å². The van der Waals surface area contributed by atoms with Crippen LogP contribution in [0.5, 0.6) is 0 Å². The van der Waals surface area contributed by atoms with Gasteiger partial charge in [0.1, 0.15) is 5.82 Å². The van der Waals surface area contributed by atoms with Crippen molar-refractivity contribution in [1.29, 1.82) is 0 Å². The number of hydrogen-bond donors (Lipinski definition) is 0. The number of aromatic nitrogens is 3. The van der Waals surface area contributed by atoms with Crippen LogP contribution in [0.4, 0.5) is 0 Å². The van der Waals surface area contributed by atoms with Crippen molar-refractivity contribution in [3.05, 3.63) is 87.6 Å². The van der Waals surface area contributed by atoms with Crippen LogP contribution in [-0.2, 0) is 19.5 Å². The van der Waals surface area contributed by atoms with E-state index >= 15 is 0 Å². The van der Waals surface area contributed by atoms with Crippen LogP contribution in [-0.4, -0.2) is 38.2 Å². The highest BCUT2D eigenvalue weighted by Crippen LogP contribution is 2.41. The van der Waals surface area contributed by atoms with Gasteiger partial charge in [-0.3, -0.25) is 9.36 Å². The molecule has 0 unspecified atom stereocenters. The van der Waals surface area contributed by atoms with E-state index in [2.05, 4.69) is 5.10 Å². The van der Waals surface area contributed by atoms with Gasteiger partial charge in [-0.15, -0.1) is 0 Å². The van der Waals surface area contributed by atoms with Gasteiger partial charge in [0.15, 0.2) is 0 Å². The Balaban J connectivity index is 1.24. The molecule has 0 bridgehead atoms. The maximum atomic E-state index is 13.0. The van der Waals surface area contributed by atoms with Crippen molar-refractivity contribution >= 4 is 5.91 Å². The van der Waals surface area contributed by atoms with Crippen LogP contribution in [0, 0.1) is 12.3 Å². The fourth-order valence-electron chi connectivity index (χ4n) is 5.17. The zero-order valence-corrected chi connectivity index (χ0v) is 18.7. The highest BCUT2D eigenvalue weighted by Gasteiger charge is 2.38. The van der Waals surface area contributed by atoms with E-state index in [1.54, 1.807) is 4.68 Å². The smallest absolute Gasteiger partial charge is 0.339 e. The van der Waals surface area contributed by atoms with E-state index < -0.39 is 0 Å². The lowest BCUT2D eigenvalue weighted by atomic mass is 9.72. The third-order valence-electron chi connectivity index (χ3n) is 7.33. The first kappa shape index (κ1) is 20.7. The second kappa shape index (κ2) is 8.41. The lowest BCUT2D eigenvalue weighted by molar-refractivity contribution is 0.0535. The molecule has 0 N–H and O–H groups in total. The molecule has 1 aromatic heterocycles. The van der Waals surface area contributed by atoms with Gasteiger partial charge < -0.3 is 4.90 Å². The number of carbonyl (C=O) groups excluding carboxylic acids is 1. The van der Waals surface area contributed by atoms with Gasteiger partial charge in [0.2, 0.25) is 0 Å². The summed E-state index contributed by atoms with van der Waals surface area (Å²) >= 11 is 0. The summed E-state index contributed by atoms with van der Waals surface area (Å²) in [6.45, 7) is 4.84. The number of rotatable bonds is 3. The van der Waals surface area contributed by atoms with Crippen LogP contribution < -0.4 is 5.69 Å². The van der Waals surface area contributed by atoms with E-state index in [-0.39, 0.29) is 17.0 Å². The second-order valence-corrected chi connectivity index (χ2v) is 9.40. The molecule has 0 aliphatic carbocycles. The Kier molecular flexibility index (Phi) is 5.45. The first-order chi connectivity index (χ1) is 15.5. The number of fused-ring (bicyclic) bond motifs is 1. The molecule has 0 radical (unpaired) electrons. The Morgan fingerprint density at radius 1 is 0.938 bits per heavy atom. The molecule has 1 spiro atoms. The predicted octanol–water partition coefficient (Wildman–Crippen LogP) is 3.66. The molecule has 6 nitrogen and oxygen atoms in total. The average molecular weight is 431 g/mol. The molecule has 3 heterocycles. The number of aryl methyl sites for hydroxylation is 2. The zero-order chi connectivity index (χ0) is 22.1. The molecule has 2 aliphatic heterocycles.